The second kappa shape index (κ2) is 7.65. The van der Waals surface area contributed by atoms with Gasteiger partial charge in [-0.05, 0) is 56.3 Å². The number of morpholine rings is 1. The molecule has 132 valence electrons. The van der Waals surface area contributed by atoms with Gasteiger partial charge in [0.25, 0.3) is 5.91 Å². The van der Waals surface area contributed by atoms with E-state index in [0.717, 1.165) is 18.8 Å². The van der Waals surface area contributed by atoms with Crippen molar-refractivity contribution in [3.05, 3.63) is 58.1 Å². The molecule has 1 saturated heterocycles. The summed E-state index contributed by atoms with van der Waals surface area (Å²) in [7, 11) is 0. The third kappa shape index (κ3) is 4.46. The van der Waals surface area contributed by atoms with Crippen LogP contribution in [0.15, 0.2) is 42.5 Å². The molecule has 6 heteroatoms. The number of nitrogens with one attached hydrogen (secondary N) is 1. The number of hydrogen-bond acceptors (Lipinski definition) is 3. The molecule has 0 saturated carbocycles. The second-order valence-electron chi connectivity index (χ2n) is 6.29. The van der Waals surface area contributed by atoms with E-state index in [4.69, 9.17) is 27.9 Å². The van der Waals surface area contributed by atoms with E-state index in [9.17, 15) is 4.79 Å². The van der Waals surface area contributed by atoms with Gasteiger partial charge in [0.2, 0.25) is 0 Å². The molecule has 1 heterocycles. The summed E-state index contributed by atoms with van der Waals surface area (Å²) in [5.74, 6) is -0.261. The maximum Gasteiger partial charge on any atom is 0.257 e. The maximum atomic E-state index is 12.4. The van der Waals surface area contributed by atoms with Crippen molar-refractivity contribution in [1.29, 1.82) is 0 Å². The number of ether oxygens (including phenoxy) is 1. The van der Waals surface area contributed by atoms with Crippen LogP contribution in [0.3, 0.4) is 0 Å². The fourth-order valence-electron chi connectivity index (χ4n) is 3.02. The Hall–Kier alpha value is -1.75. The van der Waals surface area contributed by atoms with E-state index < -0.39 is 0 Å². The average Bonchev–Trinajstić information content (AvgIpc) is 2.54. The van der Waals surface area contributed by atoms with Crippen LogP contribution in [-0.2, 0) is 4.74 Å². The first-order valence-electron chi connectivity index (χ1n) is 8.19. The van der Waals surface area contributed by atoms with Crippen LogP contribution in [0.4, 0.5) is 11.4 Å². The van der Waals surface area contributed by atoms with Crippen molar-refractivity contribution >= 4 is 40.5 Å². The molecule has 0 aliphatic carbocycles. The van der Waals surface area contributed by atoms with Gasteiger partial charge in [0, 0.05) is 29.5 Å². The van der Waals surface area contributed by atoms with Crippen LogP contribution in [0.1, 0.15) is 24.2 Å². The molecule has 1 N–H and O–H groups in total. The van der Waals surface area contributed by atoms with Gasteiger partial charge in [-0.1, -0.05) is 23.2 Å². The van der Waals surface area contributed by atoms with Crippen molar-refractivity contribution in [2.24, 2.45) is 0 Å². The Labute approximate surface area is 157 Å². The number of carbonyl (C=O) groups is 1. The number of halogens is 2. The lowest BCUT2D eigenvalue weighted by atomic mass is 10.1. The summed E-state index contributed by atoms with van der Waals surface area (Å²) in [5.41, 5.74) is 2.23. The number of amides is 1. The summed E-state index contributed by atoms with van der Waals surface area (Å²) < 4.78 is 5.76. The van der Waals surface area contributed by atoms with E-state index in [1.54, 1.807) is 18.2 Å². The van der Waals surface area contributed by atoms with Crippen LogP contribution in [-0.4, -0.2) is 31.2 Å². The Morgan fingerprint density at radius 1 is 1.08 bits per heavy atom. The number of carbonyl (C=O) groups excluding carboxylic acids is 1. The van der Waals surface area contributed by atoms with Gasteiger partial charge in [-0.2, -0.15) is 0 Å². The van der Waals surface area contributed by atoms with E-state index >= 15 is 0 Å². The lowest BCUT2D eigenvalue weighted by Crippen LogP contribution is -2.45. The standard InChI is InChI=1S/C19H20Cl2N2O2/c1-12-10-23(11-13(2)25-12)16-6-4-15(5-7-16)22-19(24)17-8-3-14(20)9-18(17)21/h3-9,12-13H,10-11H2,1-2H3,(H,22,24). The molecular formula is C19H20Cl2N2O2. The van der Waals surface area contributed by atoms with Crippen molar-refractivity contribution in [2.75, 3.05) is 23.3 Å². The highest BCUT2D eigenvalue weighted by Crippen LogP contribution is 2.24. The lowest BCUT2D eigenvalue weighted by Gasteiger charge is -2.36. The molecule has 0 spiro atoms. The molecule has 0 aromatic heterocycles. The summed E-state index contributed by atoms with van der Waals surface area (Å²) in [6.45, 7) is 5.87. The van der Waals surface area contributed by atoms with E-state index in [-0.39, 0.29) is 18.1 Å². The Morgan fingerprint density at radius 3 is 2.32 bits per heavy atom. The molecule has 2 aromatic rings. The monoisotopic (exact) mass is 378 g/mol. The molecular weight excluding hydrogens is 359 g/mol. The summed E-state index contributed by atoms with van der Waals surface area (Å²) in [4.78, 5) is 14.6. The fourth-order valence-corrected chi connectivity index (χ4v) is 3.51. The van der Waals surface area contributed by atoms with E-state index in [1.807, 2.05) is 24.3 Å². The Balaban J connectivity index is 1.69. The minimum Gasteiger partial charge on any atom is -0.372 e. The first kappa shape index (κ1) is 18.1. The minimum absolute atomic E-state index is 0.204. The zero-order chi connectivity index (χ0) is 18.0. The summed E-state index contributed by atoms with van der Waals surface area (Å²) in [6, 6.07) is 12.6. The molecule has 4 nitrogen and oxygen atoms in total. The van der Waals surface area contributed by atoms with Crippen molar-refractivity contribution in [3.63, 3.8) is 0 Å². The van der Waals surface area contributed by atoms with Crippen molar-refractivity contribution in [2.45, 2.75) is 26.1 Å². The van der Waals surface area contributed by atoms with E-state index in [2.05, 4.69) is 24.1 Å². The molecule has 1 aliphatic rings. The SMILES string of the molecule is CC1CN(c2ccc(NC(=O)c3ccc(Cl)cc3Cl)cc2)CC(C)O1. The molecule has 1 amide bonds. The zero-order valence-electron chi connectivity index (χ0n) is 14.1. The van der Waals surface area contributed by atoms with Crippen LogP contribution in [0.25, 0.3) is 0 Å². The highest BCUT2D eigenvalue weighted by atomic mass is 35.5. The number of hydrogen-bond donors (Lipinski definition) is 1. The molecule has 2 atom stereocenters. The maximum absolute atomic E-state index is 12.4. The number of anilines is 2. The number of rotatable bonds is 3. The van der Waals surface area contributed by atoms with Gasteiger partial charge in [-0.25, -0.2) is 0 Å². The summed E-state index contributed by atoms with van der Waals surface area (Å²) >= 11 is 11.9. The highest BCUT2D eigenvalue weighted by molar-refractivity contribution is 6.37. The number of benzene rings is 2. The van der Waals surface area contributed by atoms with Crippen LogP contribution >= 0.6 is 23.2 Å². The predicted octanol–water partition coefficient (Wildman–Crippen LogP) is 4.86. The largest absolute Gasteiger partial charge is 0.372 e. The molecule has 3 rings (SSSR count). The van der Waals surface area contributed by atoms with Crippen molar-refractivity contribution in [1.82, 2.24) is 0 Å². The molecule has 2 unspecified atom stereocenters. The fraction of sp³-hybridized carbons (Fsp3) is 0.316. The van der Waals surface area contributed by atoms with E-state index in [1.165, 1.54) is 0 Å². The summed E-state index contributed by atoms with van der Waals surface area (Å²) in [5, 5.41) is 3.69. The zero-order valence-corrected chi connectivity index (χ0v) is 15.6. The molecule has 1 aliphatic heterocycles. The smallest absolute Gasteiger partial charge is 0.257 e. The van der Waals surface area contributed by atoms with Gasteiger partial charge in [0.1, 0.15) is 0 Å². The van der Waals surface area contributed by atoms with Crippen LogP contribution in [0.2, 0.25) is 10.0 Å². The minimum atomic E-state index is -0.261. The van der Waals surface area contributed by atoms with Crippen LogP contribution < -0.4 is 10.2 Å². The first-order chi connectivity index (χ1) is 11.9. The quantitative estimate of drug-likeness (QED) is 0.828. The molecule has 1 fully saturated rings. The third-order valence-corrected chi connectivity index (χ3v) is 4.63. The normalized spacial score (nSPS) is 20.4. The second-order valence-corrected chi connectivity index (χ2v) is 7.13. The van der Waals surface area contributed by atoms with Gasteiger partial charge < -0.3 is 15.0 Å². The van der Waals surface area contributed by atoms with Gasteiger partial charge in [0.15, 0.2) is 0 Å². The highest BCUT2D eigenvalue weighted by Gasteiger charge is 2.22. The first-order valence-corrected chi connectivity index (χ1v) is 8.95. The molecule has 0 bridgehead atoms. The van der Waals surface area contributed by atoms with Gasteiger partial charge >= 0.3 is 0 Å². The number of nitrogens with zero attached hydrogens (tertiary/aromatic N) is 1. The molecule has 2 aromatic carbocycles. The Bertz CT molecular complexity index is 755. The van der Waals surface area contributed by atoms with Crippen LogP contribution in [0, 0.1) is 0 Å². The van der Waals surface area contributed by atoms with Crippen molar-refractivity contribution in [3.8, 4) is 0 Å². The van der Waals surface area contributed by atoms with Crippen molar-refractivity contribution < 1.29 is 9.53 Å². The summed E-state index contributed by atoms with van der Waals surface area (Å²) in [6.07, 6.45) is 0.408. The third-order valence-electron chi connectivity index (χ3n) is 4.09. The molecule has 0 radical (unpaired) electrons. The Kier molecular flexibility index (Phi) is 5.52. The topological polar surface area (TPSA) is 41.6 Å². The Morgan fingerprint density at radius 2 is 1.72 bits per heavy atom. The van der Waals surface area contributed by atoms with Gasteiger partial charge in [-0.15, -0.1) is 0 Å². The lowest BCUT2D eigenvalue weighted by molar-refractivity contribution is -0.00521. The van der Waals surface area contributed by atoms with Crippen LogP contribution in [0.5, 0.6) is 0 Å². The molecule has 25 heavy (non-hydrogen) atoms. The van der Waals surface area contributed by atoms with Gasteiger partial charge in [-0.3, -0.25) is 4.79 Å². The average molecular weight is 379 g/mol. The predicted molar refractivity (Wildman–Crippen MR) is 103 cm³/mol. The van der Waals surface area contributed by atoms with Gasteiger partial charge in [0.05, 0.1) is 22.8 Å². The van der Waals surface area contributed by atoms with E-state index in [0.29, 0.717) is 21.3 Å².